The van der Waals surface area contributed by atoms with Crippen LogP contribution in [0.15, 0.2) is 24.3 Å². The van der Waals surface area contributed by atoms with Gasteiger partial charge in [-0.15, -0.1) is 0 Å². The van der Waals surface area contributed by atoms with E-state index < -0.39 is 36.7 Å². The first-order valence-corrected chi connectivity index (χ1v) is 11.7. The first-order chi connectivity index (χ1) is 16.2. The van der Waals surface area contributed by atoms with Gasteiger partial charge in [-0.2, -0.15) is 0 Å². The lowest BCUT2D eigenvalue weighted by molar-refractivity contribution is -0.296. The van der Waals surface area contributed by atoms with Crippen LogP contribution in [0.5, 0.6) is 11.5 Å². The van der Waals surface area contributed by atoms with Gasteiger partial charge in [0.15, 0.2) is 23.9 Å². The van der Waals surface area contributed by atoms with E-state index in [1.54, 1.807) is 6.07 Å². The van der Waals surface area contributed by atoms with Gasteiger partial charge < -0.3 is 44.6 Å². The zero-order valence-electron chi connectivity index (χ0n) is 18.7. The minimum atomic E-state index is -1.77. The number of ether oxygens (including phenoxy) is 3. The SMILES string of the molecule is CN1CCC23c4c5ccc(O)c4OC2C(COC2O[C@H](C(=O)O)[C@@H](O)[C@H](O)[C@H]2O)C=CC3C1C5. The fourth-order valence-electron chi connectivity index (χ4n) is 6.90. The molecule has 10 nitrogen and oxygen atoms in total. The summed E-state index contributed by atoms with van der Waals surface area (Å²) >= 11 is 0. The number of carboxylic acid groups (broad SMARTS) is 1. The molecule has 2 bridgehead atoms. The maximum Gasteiger partial charge on any atom is 0.335 e. The molecule has 5 N–H and O–H groups in total. The van der Waals surface area contributed by atoms with E-state index in [1.165, 1.54) is 5.56 Å². The van der Waals surface area contributed by atoms with Crippen LogP contribution in [0.25, 0.3) is 0 Å². The van der Waals surface area contributed by atoms with Gasteiger partial charge in [-0.25, -0.2) is 4.79 Å². The Bertz CT molecular complexity index is 1050. The van der Waals surface area contributed by atoms with Gasteiger partial charge in [0.05, 0.1) is 6.61 Å². The van der Waals surface area contributed by atoms with Crippen molar-refractivity contribution in [2.75, 3.05) is 20.2 Å². The topological polar surface area (TPSA) is 149 Å². The average Bonchev–Trinajstić information content (AvgIpc) is 3.17. The molecule has 2 aliphatic carbocycles. The predicted octanol–water partition coefficient (Wildman–Crippen LogP) is -0.638. The van der Waals surface area contributed by atoms with Crippen LogP contribution in [0, 0.1) is 11.8 Å². The van der Waals surface area contributed by atoms with Gasteiger partial charge in [0.2, 0.25) is 0 Å². The molecule has 1 spiro atoms. The van der Waals surface area contributed by atoms with Crippen molar-refractivity contribution in [1.29, 1.82) is 0 Å². The zero-order valence-corrected chi connectivity index (χ0v) is 18.7. The number of carboxylic acids is 1. The lowest BCUT2D eigenvalue weighted by atomic mass is 9.52. The Labute approximate surface area is 196 Å². The van der Waals surface area contributed by atoms with E-state index >= 15 is 0 Å². The van der Waals surface area contributed by atoms with E-state index in [0.717, 1.165) is 24.9 Å². The smallest absolute Gasteiger partial charge is 0.335 e. The minimum absolute atomic E-state index is 0.0388. The number of likely N-dealkylation sites (tertiary alicyclic amines) is 1. The van der Waals surface area contributed by atoms with Crippen LogP contribution in [0.3, 0.4) is 0 Å². The second kappa shape index (κ2) is 7.64. The number of phenolic OH excluding ortho intramolecular Hbond substituents is 1. The highest BCUT2D eigenvalue weighted by Crippen LogP contribution is 2.63. The fraction of sp³-hybridized carbons (Fsp3) is 0.625. The number of rotatable bonds is 4. The molecule has 3 heterocycles. The van der Waals surface area contributed by atoms with Crippen LogP contribution in [0.1, 0.15) is 17.5 Å². The highest BCUT2D eigenvalue weighted by Gasteiger charge is 2.64. The molecule has 6 rings (SSSR count). The monoisotopic (exact) mass is 475 g/mol. The average molecular weight is 475 g/mol. The molecule has 0 radical (unpaired) electrons. The molecule has 1 aromatic carbocycles. The van der Waals surface area contributed by atoms with Gasteiger partial charge in [-0.05, 0) is 38.1 Å². The number of hydrogen-bond acceptors (Lipinski definition) is 9. The Hall–Kier alpha value is -2.21. The summed E-state index contributed by atoms with van der Waals surface area (Å²) in [5.41, 5.74) is 1.96. The second-order valence-electron chi connectivity index (χ2n) is 10.2. The number of hydrogen-bond donors (Lipinski definition) is 5. The summed E-state index contributed by atoms with van der Waals surface area (Å²) in [5, 5.41) is 50.2. The van der Waals surface area contributed by atoms with Crippen LogP contribution in [-0.4, -0.2) is 99.5 Å². The summed E-state index contributed by atoms with van der Waals surface area (Å²) in [7, 11) is 2.14. The first kappa shape index (κ1) is 22.3. The number of carbonyl (C=O) groups is 1. The van der Waals surface area contributed by atoms with Crippen molar-refractivity contribution in [2.24, 2.45) is 11.8 Å². The molecule has 1 aromatic rings. The van der Waals surface area contributed by atoms with Gasteiger partial charge in [0, 0.05) is 28.9 Å². The van der Waals surface area contributed by atoms with Crippen molar-refractivity contribution < 1.29 is 44.5 Å². The van der Waals surface area contributed by atoms with Crippen LogP contribution in [0.4, 0.5) is 0 Å². The number of piperidine rings is 1. The van der Waals surface area contributed by atoms with Crippen molar-refractivity contribution in [3.63, 3.8) is 0 Å². The molecule has 0 aromatic heterocycles. The Morgan fingerprint density at radius 2 is 2.00 bits per heavy atom. The third-order valence-corrected chi connectivity index (χ3v) is 8.54. The Morgan fingerprint density at radius 3 is 2.76 bits per heavy atom. The molecule has 2 saturated heterocycles. The third kappa shape index (κ3) is 2.87. The third-order valence-electron chi connectivity index (χ3n) is 8.54. The lowest BCUT2D eigenvalue weighted by Gasteiger charge is -2.57. The molecular weight excluding hydrogens is 446 g/mol. The van der Waals surface area contributed by atoms with E-state index in [9.17, 15) is 30.3 Å². The van der Waals surface area contributed by atoms with Crippen molar-refractivity contribution in [3.05, 3.63) is 35.4 Å². The highest BCUT2D eigenvalue weighted by molar-refractivity contribution is 5.73. The van der Waals surface area contributed by atoms with Gasteiger partial charge >= 0.3 is 5.97 Å². The standard InChI is InChI=1S/C24H29NO9/c1-25-7-6-24-12-4-2-11(9-32-23-18(29)16(27)17(28)20(34-23)22(30)31)21(24)33-19-14(26)5-3-10(15(19)24)8-13(12)25/h2-5,11-13,16-18,20-21,23,26-29H,6-9H2,1H3,(H,30,31)/t11?,12?,13?,16-,17-,18+,20-,21?,23?,24?/m0/s1. The van der Waals surface area contributed by atoms with Crippen molar-refractivity contribution in [3.8, 4) is 11.5 Å². The molecule has 0 saturated carbocycles. The van der Waals surface area contributed by atoms with Gasteiger partial charge in [0.1, 0.15) is 24.4 Å². The van der Waals surface area contributed by atoms with Gasteiger partial charge in [0.25, 0.3) is 0 Å². The normalized spacial score (nSPS) is 44.4. The number of benzene rings is 1. The number of aliphatic carboxylic acids is 1. The maximum absolute atomic E-state index is 11.4. The number of phenols is 1. The molecule has 10 heteroatoms. The Kier molecular flexibility index (Phi) is 5.01. The van der Waals surface area contributed by atoms with Crippen LogP contribution in [0.2, 0.25) is 0 Å². The summed E-state index contributed by atoms with van der Waals surface area (Å²) < 4.78 is 17.5. The number of aromatic hydroxyl groups is 1. The van der Waals surface area contributed by atoms with Crippen molar-refractivity contribution >= 4 is 5.97 Å². The highest BCUT2D eigenvalue weighted by atomic mass is 16.7. The molecule has 2 fully saturated rings. The summed E-state index contributed by atoms with van der Waals surface area (Å²) in [6.45, 7) is 0.933. The molecule has 10 atom stereocenters. The predicted molar refractivity (Wildman–Crippen MR) is 115 cm³/mol. The molecule has 34 heavy (non-hydrogen) atoms. The summed E-state index contributed by atoms with van der Waals surface area (Å²) in [4.78, 5) is 13.8. The van der Waals surface area contributed by atoms with E-state index in [0.29, 0.717) is 11.8 Å². The largest absolute Gasteiger partial charge is 0.504 e. The first-order valence-electron chi connectivity index (χ1n) is 11.7. The van der Waals surface area contributed by atoms with Crippen LogP contribution < -0.4 is 4.74 Å². The number of likely N-dealkylation sites (N-methyl/N-ethyl adjacent to an activating group) is 1. The summed E-state index contributed by atoms with van der Waals surface area (Å²) in [5.74, 6) is -0.856. The Morgan fingerprint density at radius 1 is 1.21 bits per heavy atom. The van der Waals surface area contributed by atoms with Crippen molar-refractivity contribution in [1.82, 2.24) is 4.90 Å². The molecule has 0 amide bonds. The van der Waals surface area contributed by atoms with E-state index in [2.05, 4.69) is 18.0 Å². The van der Waals surface area contributed by atoms with E-state index in [-0.39, 0.29) is 35.7 Å². The van der Waals surface area contributed by atoms with E-state index in [4.69, 9.17) is 14.2 Å². The molecular formula is C24H29NO9. The number of aliphatic hydroxyl groups is 3. The zero-order chi connectivity index (χ0) is 23.9. The van der Waals surface area contributed by atoms with Gasteiger partial charge in [-0.3, -0.25) is 0 Å². The van der Waals surface area contributed by atoms with Crippen molar-refractivity contribution in [2.45, 2.75) is 61.1 Å². The number of nitrogens with zero attached hydrogens (tertiary/aromatic N) is 1. The van der Waals surface area contributed by atoms with Crippen LogP contribution >= 0.6 is 0 Å². The minimum Gasteiger partial charge on any atom is -0.504 e. The fourth-order valence-corrected chi connectivity index (χ4v) is 6.90. The second-order valence-corrected chi connectivity index (χ2v) is 10.2. The van der Waals surface area contributed by atoms with Crippen LogP contribution in [-0.2, 0) is 26.1 Å². The molecule has 184 valence electrons. The molecule has 5 aliphatic rings. The summed E-state index contributed by atoms with van der Waals surface area (Å²) in [6, 6.07) is 3.98. The molecule has 6 unspecified atom stereocenters. The quantitative estimate of drug-likeness (QED) is 0.356. The molecule has 3 aliphatic heterocycles. The summed E-state index contributed by atoms with van der Waals surface area (Å²) in [6.07, 6.45) is -2.58. The van der Waals surface area contributed by atoms with E-state index in [1.807, 2.05) is 12.1 Å². The Balaban J connectivity index is 1.30. The number of aliphatic hydroxyl groups excluding tert-OH is 3. The van der Waals surface area contributed by atoms with Gasteiger partial charge in [-0.1, -0.05) is 18.2 Å². The maximum atomic E-state index is 11.4. The lowest BCUT2D eigenvalue weighted by Crippen LogP contribution is -2.64.